The second kappa shape index (κ2) is 10.3. The van der Waals surface area contributed by atoms with Crippen molar-refractivity contribution >= 4 is 23.5 Å². The number of amides is 4. The summed E-state index contributed by atoms with van der Waals surface area (Å²) in [5.74, 6) is 0.0215. The van der Waals surface area contributed by atoms with Crippen molar-refractivity contribution in [2.45, 2.75) is 51.6 Å². The van der Waals surface area contributed by atoms with E-state index in [0.717, 1.165) is 11.1 Å². The van der Waals surface area contributed by atoms with E-state index in [9.17, 15) is 14.4 Å². The molecule has 0 spiro atoms. The summed E-state index contributed by atoms with van der Waals surface area (Å²) < 4.78 is 0. The van der Waals surface area contributed by atoms with Gasteiger partial charge >= 0.3 is 6.03 Å². The lowest BCUT2D eigenvalue weighted by molar-refractivity contribution is -0.135. The van der Waals surface area contributed by atoms with E-state index >= 15 is 0 Å². The number of nitrogens with zero attached hydrogens (tertiary/aromatic N) is 1. The number of anilines is 1. The van der Waals surface area contributed by atoms with E-state index in [1.165, 1.54) is 0 Å². The first kappa shape index (κ1) is 23.3. The molecule has 0 atom stereocenters. The molecule has 1 fully saturated rings. The maximum atomic E-state index is 13.4. The molecule has 2 aromatic rings. The van der Waals surface area contributed by atoms with Crippen molar-refractivity contribution in [1.29, 1.82) is 0 Å². The number of piperidine rings is 1. The molecule has 1 aliphatic heterocycles. The lowest BCUT2D eigenvalue weighted by Gasteiger charge is -2.40. The van der Waals surface area contributed by atoms with E-state index in [4.69, 9.17) is 0 Å². The van der Waals surface area contributed by atoms with Gasteiger partial charge in [-0.1, -0.05) is 42.5 Å². The number of likely N-dealkylation sites (tertiary alicyclic amines) is 1. The molecule has 3 N–H and O–H groups in total. The molecular formula is C25H32N4O3. The van der Waals surface area contributed by atoms with Gasteiger partial charge in [0.1, 0.15) is 0 Å². The van der Waals surface area contributed by atoms with E-state index in [-0.39, 0.29) is 23.9 Å². The molecule has 0 saturated carbocycles. The first-order chi connectivity index (χ1) is 15.3. The summed E-state index contributed by atoms with van der Waals surface area (Å²) in [4.78, 5) is 38.8. The van der Waals surface area contributed by atoms with Crippen LogP contribution in [-0.4, -0.2) is 41.9 Å². The topological polar surface area (TPSA) is 90.5 Å². The zero-order valence-electron chi connectivity index (χ0n) is 19.0. The molecule has 7 heteroatoms. The molecule has 0 unspecified atom stereocenters. The SMILES string of the molecule is CC(=O)N1CCC(C(=O)NCc2ccc(NC(=O)NC(C)C)cc2)(c2ccccc2)CC1. The quantitative estimate of drug-likeness (QED) is 0.648. The number of nitrogens with one attached hydrogen (secondary N) is 3. The number of hydrogen-bond acceptors (Lipinski definition) is 3. The second-order valence-electron chi connectivity index (χ2n) is 8.59. The van der Waals surface area contributed by atoms with Gasteiger partial charge in [0.05, 0.1) is 5.41 Å². The molecule has 0 bridgehead atoms. The summed E-state index contributed by atoms with van der Waals surface area (Å²) >= 11 is 0. The first-order valence-corrected chi connectivity index (χ1v) is 11.1. The Morgan fingerprint density at radius 2 is 1.59 bits per heavy atom. The summed E-state index contributed by atoms with van der Waals surface area (Å²) in [6.45, 7) is 6.89. The number of carbonyl (C=O) groups excluding carboxylic acids is 3. The van der Waals surface area contributed by atoms with Gasteiger partial charge in [-0.2, -0.15) is 0 Å². The fourth-order valence-corrected chi connectivity index (χ4v) is 4.09. The molecule has 32 heavy (non-hydrogen) atoms. The summed E-state index contributed by atoms with van der Waals surface area (Å²) in [5.41, 5.74) is 1.97. The van der Waals surface area contributed by atoms with Crippen LogP contribution in [0.15, 0.2) is 54.6 Å². The molecule has 7 nitrogen and oxygen atoms in total. The van der Waals surface area contributed by atoms with Crippen LogP contribution in [0.3, 0.4) is 0 Å². The van der Waals surface area contributed by atoms with Crippen LogP contribution in [0.25, 0.3) is 0 Å². The van der Waals surface area contributed by atoms with E-state index in [1.54, 1.807) is 11.8 Å². The molecule has 1 heterocycles. The van der Waals surface area contributed by atoms with Crippen molar-refractivity contribution in [3.63, 3.8) is 0 Å². The molecule has 0 aromatic heterocycles. The fourth-order valence-electron chi connectivity index (χ4n) is 4.09. The fraction of sp³-hybridized carbons (Fsp3) is 0.400. The Kier molecular flexibility index (Phi) is 7.51. The molecule has 4 amide bonds. The Morgan fingerprint density at radius 1 is 0.969 bits per heavy atom. The predicted octanol–water partition coefficient (Wildman–Crippen LogP) is 3.41. The van der Waals surface area contributed by atoms with E-state index in [1.807, 2.05) is 68.4 Å². The van der Waals surface area contributed by atoms with Crippen molar-refractivity contribution in [2.75, 3.05) is 18.4 Å². The molecule has 0 radical (unpaired) electrons. The van der Waals surface area contributed by atoms with Crippen LogP contribution in [0.2, 0.25) is 0 Å². The maximum absolute atomic E-state index is 13.4. The van der Waals surface area contributed by atoms with Gasteiger partial charge in [0.25, 0.3) is 0 Å². The largest absolute Gasteiger partial charge is 0.351 e. The number of rotatable bonds is 6. The van der Waals surface area contributed by atoms with Gasteiger partial charge in [0.2, 0.25) is 11.8 Å². The Labute approximate surface area is 189 Å². The highest BCUT2D eigenvalue weighted by atomic mass is 16.2. The predicted molar refractivity (Wildman–Crippen MR) is 125 cm³/mol. The van der Waals surface area contributed by atoms with Crippen molar-refractivity contribution in [1.82, 2.24) is 15.5 Å². The van der Waals surface area contributed by atoms with E-state index in [0.29, 0.717) is 38.2 Å². The molecule has 3 rings (SSSR count). The number of hydrogen-bond donors (Lipinski definition) is 3. The lowest BCUT2D eigenvalue weighted by atomic mass is 9.72. The van der Waals surface area contributed by atoms with Gasteiger partial charge in [-0.05, 0) is 49.9 Å². The highest BCUT2D eigenvalue weighted by Gasteiger charge is 2.43. The summed E-state index contributed by atoms with van der Waals surface area (Å²) in [5, 5.41) is 8.67. The third-order valence-corrected chi connectivity index (χ3v) is 5.91. The smallest absolute Gasteiger partial charge is 0.319 e. The highest BCUT2D eigenvalue weighted by Crippen LogP contribution is 2.36. The van der Waals surface area contributed by atoms with Crippen molar-refractivity contribution < 1.29 is 14.4 Å². The van der Waals surface area contributed by atoms with Crippen LogP contribution in [0, 0.1) is 0 Å². The lowest BCUT2D eigenvalue weighted by Crippen LogP contribution is -2.52. The minimum absolute atomic E-state index is 0.0228. The van der Waals surface area contributed by atoms with Crippen LogP contribution in [0.5, 0.6) is 0 Å². The van der Waals surface area contributed by atoms with Crippen LogP contribution < -0.4 is 16.0 Å². The highest BCUT2D eigenvalue weighted by molar-refractivity contribution is 5.90. The zero-order chi connectivity index (χ0) is 23.1. The molecule has 2 aromatic carbocycles. The summed E-state index contributed by atoms with van der Waals surface area (Å²) in [6, 6.07) is 17.0. The van der Waals surface area contributed by atoms with Gasteiger partial charge in [0.15, 0.2) is 0 Å². The van der Waals surface area contributed by atoms with Crippen LogP contribution in [0.4, 0.5) is 10.5 Å². The Morgan fingerprint density at radius 3 is 2.16 bits per heavy atom. The Bertz CT molecular complexity index is 933. The van der Waals surface area contributed by atoms with Crippen molar-refractivity contribution in [2.24, 2.45) is 0 Å². The average Bonchev–Trinajstić information content (AvgIpc) is 2.78. The summed E-state index contributed by atoms with van der Waals surface area (Å²) in [6.07, 6.45) is 1.19. The first-order valence-electron chi connectivity index (χ1n) is 11.1. The number of carbonyl (C=O) groups is 3. The summed E-state index contributed by atoms with van der Waals surface area (Å²) in [7, 11) is 0. The van der Waals surface area contributed by atoms with Gasteiger partial charge in [-0.15, -0.1) is 0 Å². The van der Waals surface area contributed by atoms with Gasteiger partial charge in [-0.3, -0.25) is 9.59 Å². The monoisotopic (exact) mass is 436 g/mol. The Balaban J connectivity index is 1.66. The van der Waals surface area contributed by atoms with Crippen LogP contribution in [0.1, 0.15) is 44.7 Å². The van der Waals surface area contributed by atoms with Crippen LogP contribution in [-0.2, 0) is 21.5 Å². The van der Waals surface area contributed by atoms with Gasteiger partial charge in [-0.25, -0.2) is 4.79 Å². The third-order valence-electron chi connectivity index (χ3n) is 5.91. The number of benzene rings is 2. The van der Waals surface area contributed by atoms with Crippen molar-refractivity contribution in [3.8, 4) is 0 Å². The molecule has 170 valence electrons. The van der Waals surface area contributed by atoms with Crippen LogP contribution >= 0.6 is 0 Å². The molecular weight excluding hydrogens is 404 g/mol. The number of urea groups is 1. The average molecular weight is 437 g/mol. The minimum atomic E-state index is -0.649. The van der Waals surface area contributed by atoms with Crippen molar-refractivity contribution in [3.05, 3.63) is 65.7 Å². The van der Waals surface area contributed by atoms with E-state index < -0.39 is 5.41 Å². The molecule has 1 saturated heterocycles. The third kappa shape index (κ3) is 5.66. The molecule has 1 aliphatic rings. The Hall–Kier alpha value is -3.35. The van der Waals surface area contributed by atoms with Gasteiger partial charge in [0, 0.05) is 38.3 Å². The van der Waals surface area contributed by atoms with Gasteiger partial charge < -0.3 is 20.9 Å². The normalized spacial score (nSPS) is 15.2. The van der Waals surface area contributed by atoms with E-state index in [2.05, 4.69) is 16.0 Å². The minimum Gasteiger partial charge on any atom is -0.351 e. The molecule has 0 aliphatic carbocycles. The standard InChI is InChI=1S/C25H32N4O3/c1-18(2)27-24(32)28-22-11-9-20(10-12-22)17-26-23(31)25(21-7-5-4-6-8-21)13-15-29(16-14-25)19(3)30/h4-12,18H,13-17H2,1-3H3,(H,26,31)(H2,27,28,32). The maximum Gasteiger partial charge on any atom is 0.319 e. The zero-order valence-corrected chi connectivity index (χ0v) is 19.0. The second-order valence-corrected chi connectivity index (χ2v) is 8.59.